The molecule has 0 saturated heterocycles. The number of hydrogen-bond donors (Lipinski definition) is 2. The number of carbonyl (C=O) groups is 1. The van der Waals surface area contributed by atoms with Gasteiger partial charge in [-0.15, -0.1) is 0 Å². The molecule has 2 aromatic rings. The van der Waals surface area contributed by atoms with Crippen molar-refractivity contribution in [3.05, 3.63) is 60.2 Å². The molecule has 0 bridgehead atoms. The van der Waals surface area contributed by atoms with Crippen LogP contribution >= 0.6 is 12.2 Å². The highest BCUT2D eigenvalue weighted by molar-refractivity contribution is 7.80. The van der Waals surface area contributed by atoms with E-state index in [2.05, 4.69) is 29.4 Å². The molecule has 25 heavy (non-hydrogen) atoms. The van der Waals surface area contributed by atoms with Gasteiger partial charge in [0.15, 0.2) is 5.11 Å². The van der Waals surface area contributed by atoms with Crippen molar-refractivity contribution in [3.63, 3.8) is 0 Å². The SMILES string of the molecule is CC.CCN(CC)c1ccc(NC(=S)NC(=O)c2ccccc2)cc1.[HH].[HH]. The standard InChI is InChI=1S/C18H21N3OS.C2H6.2H2/c1-3-21(4-2)16-12-10-15(11-13-16)19-18(23)20-17(22)14-8-6-5-7-9-14;1-2;;/h5-13H,3-4H2,1-2H3,(H2,19,20,22,23);1-2H3;2*1H. The second kappa shape index (κ2) is 11.2. The van der Waals surface area contributed by atoms with Crippen molar-refractivity contribution in [2.75, 3.05) is 23.3 Å². The van der Waals surface area contributed by atoms with Gasteiger partial charge in [-0.3, -0.25) is 10.1 Å². The number of benzene rings is 2. The maximum Gasteiger partial charge on any atom is 0.257 e. The van der Waals surface area contributed by atoms with E-state index in [0.29, 0.717) is 5.56 Å². The first-order valence-corrected chi connectivity index (χ1v) is 9.07. The van der Waals surface area contributed by atoms with E-state index >= 15 is 0 Å². The van der Waals surface area contributed by atoms with Crippen molar-refractivity contribution < 1.29 is 7.65 Å². The van der Waals surface area contributed by atoms with E-state index in [1.54, 1.807) is 12.1 Å². The van der Waals surface area contributed by atoms with Crippen LogP contribution in [0.2, 0.25) is 0 Å². The topological polar surface area (TPSA) is 44.4 Å². The zero-order valence-electron chi connectivity index (χ0n) is 15.4. The second-order valence-electron chi connectivity index (χ2n) is 4.99. The quantitative estimate of drug-likeness (QED) is 0.721. The van der Waals surface area contributed by atoms with Crippen molar-refractivity contribution in [3.8, 4) is 0 Å². The molecule has 0 aliphatic rings. The Kier molecular flexibility index (Phi) is 9.25. The van der Waals surface area contributed by atoms with Gasteiger partial charge in [0, 0.05) is 32.9 Å². The highest BCUT2D eigenvalue weighted by Gasteiger charge is 2.07. The third-order valence-electron chi connectivity index (χ3n) is 3.52. The van der Waals surface area contributed by atoms with Gasteiger partial charge >= 0.3 is 0 Å². The largest absolute Gasteiger partial charge is 0.372 e. The molecule has 0 heterocycles. The predicted molar refractivity (Wildman–Crippen MR) is 116 cm³/mol. The zero-order chi connectivity index (χ0) is 18.7. The molecule has 2 aromatic carbocycles. The molecular formula is C20H31N3OS. The molecule has 0 aliphatic carbocycles. The first kappa shape index (κ1) is 20.6. The summed E-state index contributed by atoms with van der Waals surface area (Å²) >= 11 is 5.19. The third-order valence-corrected chi connectivity index (χ3v) is 3.72. The third kappa shape index (κ3) is 6.55. The Morgan fingerprint density at radius 3 is 2.08 bits per heavy atom. The van der Waals surface area contributed by atoms with Crippen molar-refractivity contribution >= 4 is 34.6 Å². The lowest BCUT2D eigenvalue weighted by atomic mass is 10.2. The van der Waals surface area contributed by atoms with Crippen LogP contribution in [-0.2, 0) is 0 Å². The molecule has 0 aromatic heterocycles. The van der Waals surface area contributed by atoms with Gasteiger partial charge < -0.3 is 10.2 Å². The lowest BCUT2D eigenvalue weighted by Gasteiger charge is -2.21. The van der Waals surface area contributed by atoms with Gasteiger partial charge in [-0.25, -0.2) is 0 Å². The van der Waals surface area contributed by atoms with Crippen LogP contribution in [0, 0.1) is 0 Å². The molecule has 0 atom stereocenters. The highest BCUT2D eigenvalue weighted by atomic mass is 32.1. The Bertz CT molecular complexity index is 663. The average Bonchev–Trinajstić information content (AvgIpc) is 2.66. The van der Waals surface area contributed by atoms with E-state index in [1.165, 1.54) is 5.69 Å². The Morgan fingerprint density at radius 1 is 1.00 bits per heavy atom. The van der Waals surface area contributed by atoms with Gasteiger partial charge in [-0.05, 0) is 62.5 Å². The Labute approximate surface area is 159 Å². The first-order valence-electron chi connectivity index (χ1n) is 8.66. The smallest absolute Gasteiger partial charge is 0.257 e. The van der Waals surface area contributed by atoms with E-state index in [1.807, 2.05) is 56.3 Å². The number of thiocarbonyl (C=S) groups is 1. The summed E-state index contributed by atoms with van der Waals surface area (Å²) in [5, 5.41) is 5.99. The fourth-order valence-corrected chi connectivity index (χ4v) is 2.48. The molecule has 2 rings (SSSR count). The van der Waals surface area contributed by atoms with Crippen LogP contribution in [0.5, 0.6) is 0 Å². The normalized spacial score (nSPS) is 9.44. The minimum Gasteiger partial charge on any atom is -0.372 e. The zero-order valence-corrected chi connectivity index (χ0v) is 16.2. The summed E-state index contributed by atoms with van der Waals surface area (Å²) in [6.07, 6.45) is 0. The number of nitrogens with one attached hydrogen (secondary N) is 2. The Balaban J connectivity index is 0. The summed E-state index contributed by atoms with van der Waals surface area (Å²) in [5.74, 6) is -0.220. The monoisotopic (exact) mass is 361 g/mol. The van der Waals surface area contributed by atoms with Crippen molar-refractivity contribution in [2.45, 2.75) is 27.7 Å². The van der Waals surface area contributed by atoms with Crippen LogP contribution in [-0.4, -0.2) is 24.1 Å². The van der Waals surface area contributed by atoms with E-state index in [9.17, 15) is 4.79 Å². The number of rotatable bonds is 5. The van der Waals surface area contributed by atoms with Crippen LogP contribution in [0.15, 0.2) is 54.6 Å². The maximum absolute atomic E-state index is 12.0. The molecule has 138 valence electrons. The van der Waals surface area contributed by atoms with Crippen LogP contribution in [0.1, 0.15) is 40.9 Å². The summed E-state index contributed by atoms with van der Waals surface area (Å²) in [6, 6.07) is 17.0. The highest BCUT2D eigenvalue weighted by Crippen LogP contribution is 2.17. The minimum absolute atomic E-state index is 0. The molecule has 1 amide bonds. The van der Waals surface area contributed by atoms with Crippen molar-refractivity contribution in [1.82, 2.24) is 5.32 Å². The van der Waals surface area contributed by atoms with Gasteiger partial charge in [0.2, 0.25) is 0 Å². The van der Waals surface area contributed by atoms with Gasteiger partial charge in [0.25, 0.3) is 5.91 Å². The molecule has 4 nitrogen and oxygen atoms in total. The average molecular weight is 362 g/mol. The minimum atomic E-state index is -0.220. The van der Waals surface area contributed by atoms with Gasteiger partial charge in [-0.1, -0.05) is 32.0 Å². The first-order chi connectivity index (χ1) is 12.1. The molecule has 0 unspecified atom stereocenters. The molecule has 0 spiro atoms. The van der Waals surface area contributed by atoms with Crippen molar-refractivity contribution in [1.29, 1.82) is 0 Å². The lowest BCUT2D eigenvalue weighted by molar-refractivity contribution is 0.0977. The van der Waals surface area contributed by atoms with Gasteiger partial charge in [-0.2, -0.15) is 0 Å². The fourth-order valence-electron chi connectivity index (χ4n) is 2.27. The molecule has 5 heteroatoms. The van der Waals surface area contributed by atoms with Crippen LogP contribution in [0.4, 0.5) is 11.4 Å². The number of nitrogens with zero attached hydrogens (tertiary/aromatic N) is 1. The van der Waals surface area contributed by atoms with Crippen LogP contribution < -0.4 is 15.5 Å². The van der Waals surface area contributed by atoms with E-state index in [0.717, 1.165) is 18.8 Å². The number of hydrogen-bond acceptors (Lipinski definition) is 3. The summed E-state index contributed by atoms with van der Waals surface area (Å²) < 4.78 is 0. The van der Waals surface area contributed by atoms with Crippen LogP contribution in [0.3, 0.4) is 0 Å². The molecular weight excluding hydrogens is 330 g/mol. The fraction of sp³-hybridized carbons (Fsp3) is 0.300. The van der Waals surface area contributed by atoms with Crippen molar-refractivity contribution in [2.24, 2.45) is 0 Å². The number of amides is 1. The number of anilines is 2. The maximum atomic E-state index is 12.0. The molecule has 0 radical (unpaired) electrons. The summed E-state index contributed by atoms with van der Waals surface area (Å²) in [4.78, 5) is 14.3. The Hall–Kier alpha value is -2.40. The molecule has 0 aliphatic heterocycles. The summed E-state index contributed by atoms with van der Waals surface area (Å²) in [5.41, 5.74) is 2.59. The van der Waals surface area contributed by atoms with E-state index < -0.39 is 0 Å². The lowest BCUT2D eigenvalue weighted by Crippen LogP contribution is -2.34. The second-order valence-corrected chi connectivity index (χ2v) is 5.40. The van der Waals surface area contributed by atoms with E-state index in [-0.39, 0.29) is 13.9 Å². The number of carbonyl (C=O) groups excluding carboxylic acids is 1. The van der Waals surface area contributed by atoms with Gasteiger partial charge in [0.05, 0.1) is 0 Å². The molecule has 0 saturated carbocycles. The Morgan fingerprint density at radius 2 is 1.56 bits per heavy atom. The predicted octanol–water partition coefficient (Wildman–Crippen LogP) is 5.18. The summed E-state index contributed by atoms with van der Waals surface area (Å²) in [6.45, 7) is 10.2. The summed E-state index contributed by atoms with van der Waals surface area (Å²) in [7, 11) is 0. The molecule has 2 N–H and O–H groups in total. The van der Waals surface area contributed by atoms with E-state index in [4.69, 9.17) is 12.2 Å². The van der Waals surface area contributed by atoms with Crippen LogP contribution in [0.25, 0.3) is 0 Å². The van der Waals surface area contributed by atoms with Gasteiger partial charge in [0.1, 0.15) is 0 Å². The molecule has 0 fully saturated rings.